The van der Waals surface area contributed by atoms with Gasteiger partial charge in [-0.3, -0.25) is 10.5 Å². The predicted molar refractivity (Wildman–Crippen MR) is 62.3 cm³/mol. The molecule has 0 radical (unpaired) electrons. The number of nitrogens with two attached hydrogens (primary N) is 1. The summed E-state index contributed by atoms with van der Waals surface area (Å²) in [7, 11) is 0. The minimum absolute atomic E-state index is 0.188. The van der Waals surface area contributed by atoms with Crippen LogP contribution in [0.1, 0.15) is 59.8 Å². The Balaban J connectivity index is 3.40. The molecule has 0 fully saturated rings. The van der Waals surface area contributed by atoms with Crippen molar-refractivity contribution in [3.05, 3.63) is 0 Å². The molecule has 0 aliphatic heterocycles. The molecule has 0 aromatic rings. The Morgan fingerprint density at radius 2 is 1.87 bits per heavy atom. The Bertz CT molecular complexity index is 183. The molecule has 0 saturated carbocycles. The molecule has 0 aliphatic carbocycles. The van der Waals surface area contributed by atoms with Gasteiger partial charge in [-0.1, -0.05) is 33.1 Å². The highest BCUT2D eigenvalue weighted by molar-refractivity contribution is 5.69. The highest BCUT2D eigenvalue weighted by Crippen LogP contribution is 2.11. The minimum atomic E-state index is -0.838. The van der Waals surface area contributed by atoms with Crippen LogP contribution in [0.5, 0.6) is 0 Å². The van der Waals surface area contributed by atoms with Crippen molar-refractivity contribution in [2.24, 2.45) is 11.7 Å². The molecule has 0 aromatic heterocycles. The number of hydrogen-bond donors (Lipinski definition) is 1. The number of esters is 1. The van der Waals surface area contributed by atoms with Gasteiger partial charge in [-0.25, -0.2) is 0 Å². The van der Waals surface area contributed by atoms with Gasteiger partial charge < -0.3 is 4.74 Å². The van der Waals surface area contributed by atoms with Crippen LogP contribution in [0.15, 0.2) is 0 Å². The van der Waals surface area contributed by atoms with Crippen molar-refractivity contribution < 1.29 is 9.53 Å². The van der Waals surface area contributed by atoms with E-state index in [-0.39, 0.29) is 5.97 Å². The van der Waals surface area contributed by atoms with Crippen molar-refractivity contribution in [1.29, 1.82) is 0 Å². The van der Waals surface area contributed by atoms with Crippen molar-refractivity contribution in [2.45, 2.75) is 65.5 Å². The normalized spacial score (nSPS) is 11.9. The molecule has 0 aromatic carbocycles. The average molecular weight is 215 g/mol. The Kier molecular flexibility index (Phi) is 6.57. The maximum atomic E-state index is 11.3. The SMILES string of the molecule is CC(C)CCCCCC(=O)OC(C)(C)N. The number of unbranched alkanes of at least 4 members (excludes halogenated alkanes) is 2. The van der Waals surface area contributed by atoms with Crippen molar-refractivity contribution in [3.63, 3.8) is 0 Å². The van der Waals surface area contributed by atoms with Crippen LogP contribution >= 0.6 is 0 Å². The average Bonchev–Trinajstić information content (AvgIpc) is 1.99. The van der Waals surface area contributed by atoms with Gasteiger partial charge in [0.15, 0.2) is 5.72 Å². The van der Waals surface area contributed by atoms with E-state index in [1.54, 1.807) is 13.8 Å². The minimum Gasteiger partial charge on any atom is -0.445 e. The van der Waals surface area contributed by atoms with E-state index < -0.39 is 5.72 Å². The van der Waals surface area contributed by atoms with Crippen LogP contribution in [0.2, 0.25) is 0 Å². The molecular formula is C12H25NO2. The van der Waals surface area contributed by atoms with E-state index in [0.29, 0.717) is 6.42 Å². The Morgan fingerprint density at radius 3 is 2.33 bits per heavy atom. The standard InChI is InChI=1S/C12H25NO2/c1-10(2)8-6-5-7-9-11(14)15-12(3,4)13/h10H,5-9,13H2,1-4H3. The van der Waals surface area contributed by atoms with Crippen LogP contribution in [-0.4, -0.2) is 11.7 Å². The third kappa shape index (κ3) is 11.4. The molecule has 0 heterocycles. The molecule has 0 bridgehead atoms. The predicted octanol–water partition coefficient (Wildman–Crippen LogP) is 2.83. The zero-order valence-electron chi connectivity index (χ0n) is 10.5. The summed E-state index contributed by atoms with van der Waals surface area (Å²) in [5.41, 5.74) is 4.73. The number of hydrogen-bond acceptors (Lipinski definition) is 3. The van der Waals surface area contributed by atoms with E-state index in [9.17, 15) is 4.79 Å². The Morgan fingerprint density at radius 1 is 1.27 bits per heavy atom. The van der Waals surface area contributed by atoms with Crippen molar-refractivity contribution >= 4 is 5.97 Å². The van der Waals surface area contributed by atoms with Crippen LogP contribution in [0.4, 0.5) is 0 Å². The van der Waals surface area contributed by atoms with Crippen molar-refractivity contribution in [1.82, 2.24) is 0 Å². The summed E-state index contributed by atoms with van der Waals surface area (Å²) < 4.78 is 5.00. The Hall–Kier alpha value is -0.570. The summed E-state index contributed by atoms with van der Waals surface area (Å²) in [4.78, 5) is 11.3. The molecule has 0 aliphatic rings. The van der Waals surface area contributed by atoms with E-state index in [2.05, 4.69) is 13.8 Å². The fourth-order valence-corrected chi connectivity index (χ4v) is 1.34. The van der Waals surface area contributed by atoms with Crippen LogP contribution in [-0.2, 0) is 9.53 Å². The third-order valence-corrected chi connectivity index (χ3v) is 2.04. The first kappa shape index (κ1) is 14.4. The van der Waals surface area contributed by atoms with E-state index in [4.69, 9.17) is 10.5 Å². The van der Waals surface area contributed by atoms with Crippen LogP contribution in [0, 0.1) is 5.92 Å². The number of carbonyl (C=O) groups is 1. The number of rotatable bonds is 7. The lowest BCUT2D eigenvalue weighted by atomic mass is 10.0. The van der Waals surface area contributed by atoms with Crippen molar-refractivity contribution in [2.75, 3.05) is 0 Å². The molecule has 90 valence electrons. The first-order chi connectivity index (χ1) is 6.81. The third-order valence-electron chi connectivity index (χ3n) is 2.04. The van der Waals surface area contributed by atoms with Gasteiger partial charge in [-0.2, -0.15) is 0 Å². The molecule has 0 unspecified atom stereocenters. The van der Waals surface area contributed by atoms with Gasteiger partial charge in [-0.05, 0) is 26.2 Å². The summed E-state index contributed by atoms with van der Waals surface area (Å²) in [6.07, 6.45) is 4.91. The molecule has 0 saturated heterocycles. The van der Waals surface area contributed by atoms with Gasteiger partial charge in [0.2, 0.25) is 0 Å². The molecule has 0 atom stereocenters. The van der Waals surface area contributed by atoms with Gasteiger partial charge in [0.1, 0.15) is 0 Å². The lowest BCUT2D eigenvalue weighted by molar-refractivity contribution is -0.156. The molecule has 0 spiro atoms. The highest BCUT2D eigenvalue weighted by Gasteiger charge is 2.15. The number of carbonyl (C=O) groups excluding carboxylic acids is 1. The van der Waals surface area contributed by atoms with Crippen LogP contribution < -0.4 is 5.73 Å². The second-order valence-electron chi connectivity index (χ2n) is 5.07. The summed E-state index contributed by atoms with van der Waals surface area (Å²) in [5, 5.41) is 0. The first-order valence-electron chi connectivity index (χ1n) is 5.82. The second-order valence-corrected chi connectivity index (χ2v) is 5.07. The molecule has 3 heteroatoms. The van der Waals surface area contributed by atoms with Gasteiger partial charge in [0.05, 0.1) is 0 Å². The molecule has 0 amide bonds. The fourth-order valence-electron chi connectivity index (χ4n) is 1.34. The lowest BCUT2D eigenvalue weighted by Crippen LogP contribution is -2.37. The topological polar surface area (TPSA) is 52.3 Å². The number of ether oxygens (including phenoxy) is 1. The van der Waals surface area contributed by atoms with Gasteiger partial charge in [0, 0.05) is 6.42 Å². The van der Waals surface area contributed by atoms with E-state index in [1.165, 1.54) is 12.8 Å². The molecular weight excluding hydrogens is 190 g/mol. The first-order valence-corrected chi connectivity index (χ1v) is 5.82. The zero-order valence-corrected chi connectivity index (χ0v) is 10.5. The largest absolute Gasteiger partial charge is 0.445 e. The van der Waals surface area contributed by atoms with Crippen LogP contribution in [0.25, 0.3) is 0 Å². The monoisotopic (exact) mass is 215 g/mol. The van der Waals surface area contributed by atoms with Gasteiger partial charge in [-0.15, -0.1) is 0 Å². The summed E-state index contributed by atoms with van der Waals surface area (Å²) in [6.45, 7) is 7.80. The van der Waals surface area contributed by atoms with E-state index in [0.717, 1.165) is 18.8 Å². The summed E-state index contributed by atoms with van der Waals surface area (Å²) >= 11 is 0. The van der Waals surface area contributed by atoms with Crippen molar-refractivity contribution in [3.8, 4) is 0 Å². The summed E-state index contributed by atoms with van der Waals surface area (Å²) in [6, 6.07) is 0. The molecule has 0 rings (SSSR count). The second kappa shape index (κ2) is 6.83. The fraction of sp³-hybridized carbons (Fsp3) is 0.917. The maximum absolute atomic E-state index is 11.3. The van der Waals surface area contributed by atoms with Crippen LogP contribution in [0.3, 0.4) is 0 Å². The summed E-state index contributed by atoms with van der Waals surface area (Å²) in [5.74, 6) is 0.562. The Labute approximate surface area is 93.4 Å². The lowest BCUT2D eigenvalue weighted by Gasteiger charge is -2.19. The van der Waals surface area contributed by atoms with E-state index >= 15 is 0 Å². The van der Waals surface area contributed by atoms with E-state index in [1.807, 2.05) is 0 Å². The van der Waals surface area contributed by atoms with Gasteiger partial charge in [0.25, 0.3) is 0 Å². The molecule has 2 N–H and O–H groups in total. The quantitative estimate of drug-likeness (QED) is 0.403. The highest BCUT2D eigenvalue weighted by atomic mass is 16.6. The smallest absolute Gasteiger partial charge is 0.307 e. The molecule has 15 heavy (non-hydrogen) atoms. The molecule has 3 nitrogen and oxygen atoms in total. The van der Waals surface area contributed by atoms with Gasteiger partial charge >= 0.3 is 5.97 Å². The maximum Gasteiger partial charge on any atom is 0.307 e. The zero-order chi connectivity index (χ0) is 11.9.